The molecule has 0 aromatic heterocycles. The van der Waals surface area contributed by atoms with Crippen LogP contribution in [0.3, 0.4) is 0 Å². The summed E-state index contributed by atoms with van der Waals surface area (Å²) >= 11 is 0. The Balaban J connectivity index is 1.59. The molecule has 2 fully saturated rings. The Morgan fingerprint density at radius 1 is 0.885 bits per heavy atom. The van der Waals surface area contributed by atoms with Crippen LogP contribution in [0.2, 0.25) is 0 Å². The number of aliphatic hydroxyl groups excluding tert-OH is 1. The van der Waals surface area contributed by atoms with Crippen molar-refractivity contribution >= 4 is 0 Å². The van der Waals surface area contributed by atoms with Crippen LogP contribution in [0.4, 0.5) is 0 Å². The first-order valence-corrected chi connectivity index (χ1v) is 9.37. The van der Waals surface area contributed by atoms with Crippen molar-refractivity contribution in [3.63, 3.8) is 0 Å². The van der Waals surface area contributed by atoms with E-state index in [1.54, 1.807) is 0 Å². The molecule has 1 aliphatic carbocycles. The molecular weight excluding hydrogens is 326 g/mol. The predicted octanol–water partition coefficient (Wildman–Crippen LogP) is 3.34. The van der Waals surface area contributed by atoms with Crippen LogP contribution < -0.4 is 0 Å². The standard InChI is InChI=1S/C22H27NO3/c1-22(2)25-20-18(13-19(24)21(20)26-22)23(14-16-9-5-3-6-10-16)15-17-11-7-4-8-12-17/h3-12,18-21,24H,13-15H2,1-2H3. The van der Waals surface area contributed by atoms with Gasteiger partial charge in [-0.2, -0.15) is 0 Å². The molecular formula is C22H27NO3. The monoisotopic (exact) mass is 353 g/mol. The van der Waals surface area contributed by atoms with Gasteiger partial charge in [0.2, 0.25) is 0 Å². The number of hydrogen-bond acceptors (Lipinski definition) is 4. The Hall–Kier alpha value is -1.72. The van der Waals surface area contributed by atoms with Crippen molar-refractivity contribution in [2.75, 3.05) is 0 Å². The van der Waals surface area contributed by atoms with Crippen LogP contribution in [0, 0.1) is 0 Å². The normalized spacial score (nSPS) is 29.8. The van der Waals surface area contributed by atoms with Gasteiger partial charge in [-0.25, -0.2) is 0 Å². The summed E-state index contributed by atoms with van der Waals surface area (Å²) in [5.74, 6) is -0.639. The van der Waals surface area contributed by atoms with Crippen LogP contribution >= 0.6 is 0 Å². The lowest BCUT2D eigenvalue weighted by Gasteiger charge is -2.33. The molecule has 26 heavy (non-hydrogen) atoms. The molecule has 0 spiro atoms. The second-order valence-corrected chi connectivity index (χ2v) is 7.81. The van der Waals surface area contributed by atoms with E-state index in [1.807, 2.05) is 26.0 Å². The fourth-order valence-corrected chi connectivity index (χ4v) is 4.21. The third-order valence-corrected chi connectivity index (χ3v) is 5.33. The SMILES string of the molecule is CC1(C)OC2C(O)CC(N(Cc3ccccc3)Cc3ccccc3)C2O1. The largest absolute Gasteiger partial charge is 0.390 e. The van der Waals surface area contributed by atoms with Gasteiger partial charge in [-0.3, -0.25) is 4.90 Å². The van der Waals surface area contributed by atoms with Crippen molar-refractivity contribution in [3.8, 4) is 0 Å². The highest BCUT2D eigenvalue weighted by Crippen LogP contribution is 2.41. The van der Waals surface area contributed by atoms with E-state index >= 15 is 0 Å². The van der Waals surface area contributed by atoms with Gasteiger partial charge in [0.15, 0.2) is 5.79 Å². The molecule has 0 radical (unpaired) electrons. The third-order valence-electron chi connectivity index (χ3n) is 5.33. The van der Waals surface area contributed by atoms with E-state index < -0.39 is 11.9 Å². The van der Waals surface area contributed by atoms with Crippen LogP contribution in [0.5, 0.6) is 0 Å². The number of aliphatic hydroxyl groups is 1. The first kappa shape index (κ1) is 17.7. The van der Waals surface area contributed by atoms with Gasteiger partial charge < -0.3 is 14.6 Å². The molecule has 4 nitrogen and oxygen atoms in total. The Labute approximate surface area is 155 Å². The summed E-state index contributed by atoms with van der Waals surface area (Å²) in [7, 11) is 0. The molecule has 2 aromatic rings. The minimum atomic E-state index is -0.639. The summed E-state index contributed by atoms with van der Waals surface area (Å²) in [4.78, 5) is 2.42. The fourth-order valence-electron chi connectivity index (χ4n) is 4.21. The molecule has 4 rings (SSSR count). The highest BCUT2D eigenvalue weighted by molar-refractivity contribution is 5.18. The van der Waals surface area contributed by atoms with Crippen LogP contribution in [0.15, 0.2) is 60.7 Å². The molecule has 2 aliphatic rings. The van der Waals surface area contributed by atoms with Gasteiger partial charge in [0.05, 0.1) is 6.10 Å². The van der Waals surface area contributed by atoms with Crippen molar-refractivity contribution in [1.29, 1.82) is 0 Å². The minimum absolute atomic E-state index is 0.104. The van der Waals surface area contributed by atoms with Crippen molar-refractivity contribution in [1.82, 2.24) is 4.90 Å². The van der Waals surface area contributed by atoms with Crippen molar-refractivity contribution in [2.45, 2.75) is 63.5 Å². The van der Waals surface area contributed by atoms with Crippen molar-refractivity contribution in [3.05, 3.63) is 71.8 Å². The molecule has 4 heteroatoms. The van der Waals surface area contributed by atoms with Crippen LogP contribution in [0.25, 0.3) is 0 Å². The van der Waals surface area contributed by atoms with E-state index in [0.29, 0.717) is 6.42 Å². The molecule has 138 valence electrons. The highest BCUT2D eigenvalue weighted by atomic mass is 16.8. The van der Waals surface area contributed by atoms with Gasteiger partial charge in [-0.05, 0) is 31.4 Å². The number of ether oxygens (including phenoxy) is 2. The van der Waals surface area contributed by atoms with Gasteiger partial charge in [0.1, 0.15) is 12.2 Å². The van der Waals surface area contributed by atoms with E-state index in [0.717, 1.165) is 13.1 Å². The van der Waals surface area contributed by atoms with E-state index in [-0.39, 0.29) is 18.2 Å². The molecule has 1 saturated carbocycles. The first-order chi connectivity index (χ1) is 12.5. The zero-order chi connectivity index (χ0) is 18.1. The molecule has 0 bridgehead atoms. The second kappa shape index (κ2) is 7.12. The predicted molar refractivity (Wildman–Crippen MR) is 100 cm³/mol. The van der Waals surface area contributed by atoms with Gasteiger partial charge >= 0.3 is 0 Å². The molecule has 0 amide bonds. The Bertz CT molecular complexity index is 677. The first-order valence-electron chi connectivity index (χ1n) is 9.37. The van der Waals surface area contributed by atoms with Gasteiger partial charge in [0, 0.05) is 19.1 Å². The number of benzene rings is 2. The van der Waals surface area contributed by atoms with Crippen LogP contribution in [-0.2, 0) is 22.6 Å². The lowest BCUT2D eigenvalue weighted by molar-refractivity contribution is -0.168. The maximum absolute atomic E-state index is 10.6. The van der Waals surface area contributed by atoms with Gasteiger partial charge in [-0.1, -0.05) is 60.7 Å². The number of fused-ring (bicyclic) bond motifs is 1. The average molecular weight is 353 g/mol. The summed E-state index contributed by atoms with van der Waals surface area (Å²) in [5, 5.41) is 10.6. The molecule has 1 saturated heterocycles. The lowest BCUT2D eigenvalue weighted by Crippen LogP contribution is -2.42. The topological polar surface area (TPSA) is 41.9 Å². The average Bonchev–Trinajstić information content (AvgIpc) is 3.10. The Morgan fingerprint density at radius 3 is 1.92 bits per heavy atom. The van der Waals surface area contributed by atoms with Gasteiger partial charge in [0.25, 0.3) is 0 Å². The summed E-state index contributed by atoms with van der Waals surface area (Å²) in [6.45, 7) is 5.49. The molecule has 1 N–H and O–H groups in total. The number of nitrogens with zero attached hydrogens (tertiary/aromatic N) is 1. The Morgan fingerprint density at radius 2 is 1.38 bits per heavy atom. The molecule has 2 aromatic carbocycles. The highest BCUT2D eigenvalue weighted by Gasteiger charge is 2.55. The zero-order valence-corrected chi connectivity index (χ0v) is 15.4. The quantitative estimate of drug-likeness (QED) is 0.895. The van der Waals surface area contributed by atoms with Gasteiger partial charge in [-0.15, -0.1) is 0 Å². The summed E-state index contributed by atoms with van der Waals surface area (Å²) < 4.78 is 12.2. The molecule has 4 unspecified atom stereocenters. The minimum Gasteiger partial charge on any atom is -0.390 e. The number of rotatable bonds is 5. The number of hydrogen-bond donors (Lipinski definition) is 1. The van der Waals surface area contributed by atoms with Crippen molar-refractivity contribution < 1.29 is 14.6 Å². The Kier molecular flexibility index (Phi) is 4.84. The zero-order valence-electron chi connectivity index (χ0n) is 15.4. The summed E-state index contributed by atoms with van der Waals surface area (Å²) in [5.41, 5.74) is 2.53. The lowest BCUT2D eigenvalue weighted by atomic mass is 10.1. The maximum atomic E-state index is 10.6. The molecule has 1 heterocycles. The summed E-state index contributed by atoms with van der Waals surface area (Å²) in [6, 6.07) is 21.1. The molecule has 4 atom stereocenters. The van der Waals surface area contributed by atoms with Crippen molar-refractivity contribution in [2.24, 2.45) is 0 Å². The van der Waals surface area contributed by atoms with E-state index in [1.165, 1.54) is 11.1 Å². The molecule has 1 aliphatic heterocycles. The van der Waals surface area contributed by atoms with E-state index in [4.69, 9.17) is 9.47 Å². The maximum Gasteiger partial charge on any atom is 0.163 e. The van der Waals surface area contributed by atoms with Crippen LogP contribution in [-0.4, -0.2) is 40.1 Å². The second-order valence-electron chi connectivity index (χ2n) is 7.81. The smallest absolute Gasteiger partial charge is 0.163 e. The fraction of sp³-hybridized carbons (Fsp3) is 0.455. The van der Waals surface area contributed by atoms with Crippen LogP contribution in [0.1, 0.15) is 31.4 Å². The van der Waals surface area contributed by atoms with E-state index in [9.17, 15) is 5.11 Å². The summed E-state index contributed by atoms with van der Waals surface area (Å²) in [6.07, 6.45) is -0.164. The van der Waals surface area contributed by atoms with E-state index in [2.05, 4.69) is 53.4 Å². The third kappa shape index (κ3) is 3.69.